The van der Waals surface area contributed by atoms with Gasteiger partial charge in [-0.3, -0.25) is 4.72 Å². The maximum Gasteiger partial charge on any atom is 0.262 e. The molecule has 1 N–H and O–H groups in total. The highest BCUT2D eigenvalue weighted by Gasteiger charge is 2.28. The van der Waals surface area contributed by atoms with Gasteiger partial charge in [0.05, 0.1) is 9.79 Å². The molecule has 0 spiro atoms. The molecule has 31 heavy (non-hydrogen) atoms. The maximum absolute atomic E-state index is 13.0. The Morgan fingerprint density at radius 1 is 0.903 bits per heavy atom. The molecule has 0 atom stereocenters. The quantitative estimate of drug-likeness (QED) is 0.598. The molecule has 6 nitrogen and oxygen atoms in total. The van der Waals surface area contributed by atoms with Gasteiger partial charge in [-0.25, -0.2) is 16.8 Å². The first-order chi connectivity index (χ1) is 14.7. The number of benzene rings is 3. The second-order valence-corrected chi connectivity index (χ2v) is 11.4. The van der Waals surface area contributed by atoms with Crippen molar-refractivity contribution in [1.82, 2.24) is 4.31 Å². The molecular formula is C22H21ClN2O4S2. The smallest absolute Gasteiger partial charge is 0.262 e. The van der Waals surface area contributed by atoms with Gasteiger partial charge in [0, 0.05) is 23.8 Å². The van der Waals surface area contributed by atoms with Gasteiger partial charge >= 0.3 is 0 Å². The van der Waals surface area contributed by atoms with Crippen molar-refractivity contribution in [3.63, 3.8) is 0 Å². The monoisotopic (exact) mass is 476 g/mol. The first-order valence-corrected chi connectivity index (χ1v) is 12.9. The van der Waals surface area contributed by atoms with Crippen LogP contribution in [-0.2, 0) is 33.0 Å². The zero-order valence-electron chi connectivity index (χ0n) is 16.7. The fourth-order valence-corrected chi connectivity index (χ4v) is 6.61. The van der Waals surface area contributed by atoms with Crippen LogP contribution in [0.4, 0.5) is 5.69 Å². The highest BCUT2D eigenvalue weighted by atomic mass is 35.5. The van der Waals surface area contributed by atoms with Gasteiger partial charge in [-0.15, -0.1) is 0 Å². The van der Waals surface area contributed by atoms with E-state index in [1.165, 1.54) is 10.4 Å². The summed E-state index contributed by atoms with van der Waals surface area (Å²) >= 11 is 5.98. The molecular weight excluding hydrogens is 456 g/mol. The van der Waals surface area contributed by atoms with E-state index in [2.05, 4.69) is 4.72 Å². The molecule has 0 amide bonds. The van der Waals surface area contributed by atoms with Crippen molar-refractivity contribution in [1.29, 1.82) is 0 Å². The van der Waals surface area contributed by atoms with Crippen molar-refractivity contribution in [2.75, 3.05) is 11.3 Å². The SMILES string of the molecule is Cc1ccc(Cl)cc1S(=O)(=O)Nc1ccc2c(c1)CN(S(=O)(=O)c1ccccc1)CC2. The Labute approximate surface area is 187 Å². The highest BCUT2D eigenvalue weighted by Crippen LogP contribution is 2.29. The van der Waals surface area contributed by atoms with Gasteiger partial charge < -0.3 is 0 Å². The molecule has 0 aliphatic carbocycles. The minimum Gasteiger partial charge on any atom is -0.280 e. The number of sulfonamides is 2. The second kappa shape index (κ2) is 8.27. The molecule has 0 aromatic heterocycles. The van der Waals surface area contributed by atoms with Crippen LogP contribution in [0.3, 0.4) is 0 Å². The van der Waals surface area contributed by atoms with Crippen LogP contribution in [-0.4, -0.2) is 27.7 Å². The lowest BCUT2D eigenvalue weighted by atomic mass is 10.0. The molecule has 0 bridgehead atoms. The molecule has 0 unspecified atom stereocenters. The van der Waals surface area contributed by atoms with Gasteiger partial charge in [0.2, 0.25) is 10.0 Å². The van der Waals surface area contributed by atoms with Crippen LogP contribution in [0.1, 0.15) is 16.7 Å². The number of fused-ring (bicyclic) bond motifs is 1. The average molecular weight is 477 g/mol. The van der Waals surface area contributed by atoms with E-state index in [4.69, 9.17) is 11.6 Å². The number of halogens is 1. The second-order valence-electron chi connectivity index (χ2n) is 7.40. The zero-order valence-corrected chi connectivity index (χ0v) is 19.1. The van der Waals surface area contributed by atoms with Crippen molar-refractivity contribution in [3.8, 4) is 0 Å². The molecule has 1 heterocycles. The van der Waals surface area contributed by atoms with Crippen LogP contribution in [0.2, 0.25) is 5.02 Å². The predicted octanol–water partition coefficient (Wildman–Crippen LogP) is 4.20. The standard InChI is InChI=1S/C22H21ClN2O4S2/c1-16-7-9-19(23)14-22(16)30(26,27)24-20-10-8-17-11-12-25(15-18(17)13-20)31(28,29)21-5-3-2-4-6-21/h2-10,13-14,24H,11-12,15H2,1H3. The minimum absolute atomic E-state index is 0.103. The number of hydrogen-bond donors (Lipinski definition) is 1. The van der Waals surface area contributed by atoms with E-state index in [0.717, 1.165) is 11.1 Å². The Balaban J connectivity index is 1.61. The summed E-state index contributed by atoms with van der Waals surface area (Å²) in [5.41, 5.74) is 2.72. The highest BCUT2D eigenvalue weighted by molar-refractivity contribution is 7.92. The Morgan fingerprint density at radius 3 is 2.39 bits per heavy atom. The Morgan fingerprint density at radius 2 is 1.65 bits per heavy atom. The summed E-state index contributed by atoms with van der Waals surface area (Å²) in [6, 6.07) is 18.2. The van der Waals surface area contributed by atoms with Crippen LogP contribution in [0.25, 0.3) is 0 Å². The fourth-order valence-electron chi connectivity index (χ4n) is 3.61. The predicted molar refractivity (Wildman–Crippen MR) is 121 cm³/mol. The number of anilines is 1. The van der Waals surface area contributed by atoms with Crippen LogP contribution in [0.15, 0.2) is 76.5 Å². The largest absolute Gasteiger partial charge is 0.280 e. The lowest BCUT2D eigenvalue weighted by Crippen LogP contribution is -2.36. The van der Waals surface area contributed by atoms with Gasteiger partial charge in [0.15, 0.2) is 0 Å². The van der Waals surface area contributed by atoms with E-state index >= 15 is 0 Å². The van der Waals surface area contributed by atoms with Crippen molar-refractivity contribution in [2.24, 2.45) is 0 Å². The number of hydrogen-bond acceptors (Lipinski definition) is 4. The molecule has 4 rings (SSSR count). The van der Waals surface area contributed by atoms with Crippen LogP contribution < -0.4 is 4.72 Å². The van der Waals surface area contributed by atoms with E-state index in [1.807, 2.05) is 6.07 Å². The van der Waals surface area contributed by atoms with Crippen molar-refractivity contribution < 1.29 is 16.8 Å². The van der Waals surface area contributed by atoms with E-state index in [9.17, 15) is 16.8 Å². The fraction of sp³-hybridized carbons (Fsp3) is 0.182. The molecule has 3 aromatic rings. The van der Waals surface area contributed by atoms with Crippen molar-refractivity contribution in [3.05, 3.63) is 88.4 Å². The summed E-state index contributed by atoms with van der Waals surface area (Å²) in [5, 5.41) is 0.332. The number of nitrogens with zero attached hydrogens (tertiary/aromatic N) is 1. The van der Waals surface area contributed by atoms with Crippen molar-refractivity contribution >= 4 is 37.3 Å². The average Bonchev–Trinajstić information content (AvgIpc) is 2.75. The summed E-state index contributed by atoms with van der Waals surface area (Å²) < 4.78 is 55.7. The zero-order chi connectivity index (χ0) is 22.2. The van der Waals surface area contributed by atoms with Crippen molar-refractivity contribution in [2.45, 2.75) is 29.7 Å². The van der Waals surface area contributed by atoms with E-state index < -0.39 is 20.0 Å². The molecule has 0 saturated heterocycles. The van der Waals surface area contributed by atoms with E-state index in [0.29, 0.717) is 29.2 Å². The molecule has 0 radical (unpaired) electrons. The van der Waals surface area contributed by atoms with Crippen LogP contribution in [0, 0.1) is 6.92 Å². The summed E-state index contributed by atoms with van der Waals surface area (Å²) in [5.74, 6) is 0. The summed E-state index contributed by atoms with van der Waals surface area (Å²) in [6.07, 6.45) is 0.557. The minimum atomic E-state index is -3.84. The Hall–Kier alpha value is -2.39. The van der Waals surface area contributed by atoms with Gasteiger partial charge in [-0.05, 0) is 66.4 Å². The normalized spacial score (nSPS) is 14.8. The molecule has 0 saturated carbocycles. The first-order valence-electron chi connectivity index (χ1n) is 9.63. The van der Waals surface area contributed by atoms with E-state index in [-0.39, 0.29) is 16.3 Å². The number of aryl methyl sites for hydroxylation is 1. The molecule has 9 heteroatoms. The van der Waals surface area contributed by atoms with Gasteiger partial charge in [0.25, 0.3) is 10.0 Å². The molecule has 162 valence electrons. The third-order valence-electron chi connectivity index (χ3n) is 5.26. The third-order valence-corrected chi connectivity index (χ3v) is 8.87. The summed E-state index contributed by atoms with van der Waals surface area (Å²) in [6.45, 7) is 2.25. The lowest BCUT2D eigenvalue weighted by molar-refractivity contribution is 0.391. The molecule has 1 aliphatic rings. The summed E-state index contributed by atoms with van der Waals surface area (Å²) in [4.78, 5) is 0.345. The molecule has 1 aliphatic heterocycles. The maximum atomic E-state index is 13.0. The first kappa shape index (κ1) is 21.8. The third kappa shape index (κ3) is 4.48. The lowest BCUT2D eigenvalue weighted by Gasteiger charge is -2.28. The molecule has 3 aromatic carbocycles. The van der Waals surface area contributed by atoms with Gasteiger partial charge in [0.1, 0.15) is 0 Å². The number of rotatable bonds is 5. The van der Waals surface area contributed by atoms with Gasteiger partial charge in [-0.2, -0.15) is 4.31 Å². The Kier molecular flexibility index (Phi) is 5.83. The van der Waals surface area contributed by atoms with Crippen LogP contribution >= 0.6 is 11.6 Å². The summed E-state index contributed by atoms with van der Waals surface area (Å²) in [7, 11) is -7.47. The molecule has 0 fully saturated rings. The van der Waals surface area contributed by atoms with E-state index in [1.54, 1.807) is 61.5 Å². The van der Waals surface area contributed by atoms with Crippen LogP contribution in [0.5, 0.6) is 0 Å². The number of nitrogens with one attached hydrogen (secondary N) is 1. The van der Waals surface area contributed by atoms with Gasteiger partial charge in [-0.1, -0.05) is 41.9 Å². The topological polar surface area (TPSA) is 83.6 Å². The Bertz CT molecular complexity index is 1340.